The third kappa shape index (κ3) is 3.55. The molecule has 1 aliphatic heterocycles. The van der Waals surface area contributed by atoms with Gasteiger partial charge in [-0.2, -0.15) is 0 Å². The second-order valence-electron chi connectivity index (χ2n) is 5.58. The Labute approximate surface area is 118 Å². The van der Waals surface area contributed by atoms with Crippen molar-refractivity contribution < 1.29 is 14.3 Å². The number of nitrogens with zero attached hydrogens (tertiary/aromatic N) is 2. The first-order chi connectivity index (χ1) is 9.47. The molecule has 0 spiro atoms. The van der Waals surface area contributed by atoms with Gasteiger partial charge >= 0.3 is 5.97 Å². The number of carboxylic acids is 1. The Morgan fingerprint density at radius 3 is 2.60 bits per heavy atom. The molecule has 0 unspecified atom stereocenters. The van der Waals surface area contributed by atoms with Gasteiger partial charge in [-0.15, -0.1) is 0 Å². The van der Waals surface area contributed by atoms with E-state index in [-0.39, 0.29) is 11.4 Å². The summed E-state index contributed by atoms with van der Waals surface area (Å²) in [4.78, 5) is 15.6. The zero-order chi connectivity index (χ0) is 14.7. The lowest BCUT2D eigenvalue weighted by atomic mass is 10.0. The lowest BCUT2D eigenvalue weighted by molar-refractivity contribution is 0.0693. The molecule has 1 fully saturated rings. The zero-order valence-electron chi connectivity index (χ0n) is 12.0. The third-order valence-electron chi connectivity index (χ3n) is 3.98. The second-order valence-corrected chi connectivity index (χ2v) is 5.58. The first-order valence-corrected chi connectivity index (χ1v) is 6.88. The fourth-order valence-electron chi connectivity index (χ4n) is 2.74. The summed E-state index contributed by atoms with van der Waals surface area (Å²) in [5, 5.41) is 9.15. The van der Waals surface area contributed by atoms with Crippen LogP contribution in [-0.4, -0.2) is 54.1 Å². The highest BCUT2D eigenvalue weighted by molar-refractivity contribution is 5.89. The Bertz CT molecular complexity index is 483. The van der Waals surface area contributed by atoms with Crippen LogP contribution in [0.4, 0.5) is 4.39 Å². The molecule has 1 N–H and O–H groups in total. The van der Waals surface area contributed by atoms with Crippen molar-refractivity contribution >= 4 is 5.97 Å². The molecule has 0 bridgehead atoms. The predicted octanol–water partition coefficient (Wildman–Crippen LogP) is 2.05. The molecule has 1 aliphatic rings. The summed E-state index contributed by atoms with van der Waals surface area (Å²) >= 11 is 0. The number of carboxylic acid groups (broad SMARTS) is 1. The van der Waals surface area contributed by atoms with Crippen molar-refractivity contribution in [2.75, 3.05) is 27.2 Å². The molecule has 20 heavy (non-hydrogen) atoms. The Hall–Kier alpha value is -1.46. The van der Waals surface area contributed by atoms with Crippen LogP contribution in [0.25, 0.3) is 0 Å². The Morgan fingerprint density at radius 2 is 2.05 bits per heavy atom. The molecule has 110 valence electrons. The maximum atomic E-state index is 13.3. The highest BCUT2D eigenvalue weighted by Gasteiger charge is 2.22. The van der Waals surface area contributed by atoms with Crippen LogP contribution in [0.1, 0.15) is 28.8 Å². The molecule has 5 heteroatoms. The predicted molar refractivity (Wildman–Crippen MR) is 75.3 cm³/mol. The molecule has 4 nitrogen and oxygen atoms in total. The van der Waals surface area contributed by atoms with Crippen LogP contribution >= 0.6 is 0 Å². The van der Waals surface area contributed by atoms with Gasteiger partial charge in [-0.3, -0.25) is 4.90 Å². The summed E-state index contributed by atoms with van der Waals surface area (Å²) < 4.78 is 13.3. The number of piperidine rings is 1. The van der Waals surface area contributed by atoms with Crippen LogP contribution < -0.4 is 0 Å². The smallest absolute Gasteiger partial charge is 0.336 e. The zero-order valence-corrected chi connectivity index (χ0v) is 12.0. The second kappa shape index (κ2) is 6.33. The minimum atomic E-state index is -0.997. The molecule has 2 rings (SSSR count). The van der Waals surface area contributed by atoms with Crippen molar-refractivity contribution in [1.29, 1.82) is 0 Å². The Morgan fingerprint density at radius 1 is 1.40 bits per heavy atom. The first-order valence-electron chi connectivity index (χ1n) is 6.88. The minimum absolute atomic E-state index is 0.195. The highest BCUT2D eigenvalue weighted by Crippen LogP contribution is 2.19. The number of carbonyl (C=O) groups is 1. The van der Waals surface area contributed by atoms with E-state index in [0.717, 1.165) is 25.9 Å². The fourth-order valence-corrected chi connectivity index (χ4v) is 2.74. The normalized spacial score (nSPS) is 17.6. The number of halogens is 1. The van der Waals surface area contributed by atoms with Gasteiger partial charge in [-0.25, -0.2) is 9.18 Å². The van der Waals surface area contributed by atoms with E-state index in [9.17, 15) is 9.18 Å². The molecule has 0 atom stereocenters. The number of hydrogen-bond acceptors (Lipinski definition) is 3. The van der Waals surface area contributed by atoms with E-state index in [0.29, 0.717) is 18.2 Å². The monoisotopic (exact) mass is 280 g/mol. The van der Waals surface area contributed by atoms with E-state index in [1.807, 2.05) is 0 Å². The van der Waals surface area contributed by atoms with E-state index >= 15 is 0 Å². The van der Waals surface area contributed by atoms with Crippen LogP contribution in [0.3, 0.4) is 0 Å². The molecule has 1 aromatic rings. The number of likely N-dealkylation sites (tertiary alicyclic amines) is 1. The number of rotatable bonds is 4. The van der Waals surface area contributed by atoms with E-state index in [1.54, 1.807) is 0 Å². The molecule has 0 amide bonds. The molecule has 1 saturated heterocycles. The number of benzene rings is 1. The van der Waals surface area contributed by atoms with Gasteiger partial charge in [0.05, 0.1) is 5.56 Å². The molecule has 1 heterocycles. The first kappa shape index (κ1) is 14.9. The topological polar surface area (TPSA) is 43.8 Å². The molecular weight excluding hydrogens is 259 g/mol. The van der Waals surface area contributed by atoms with Gasteiger partial charge in [0.25, 0.3) is 0 Å². The molecule has 0 aliphatic carbocycles. The van der Waals surface area contributed by atoms with Gasteiger partial charge in [-0.05, 0) is 63.8 Å². The average molecular weight is 280 g/mol. The highest BCUT2D eigenvalue weighted by atomic mass is 19.1. The lowest BCUT2D eigenvalue weighted by Gasteiger charge is -2.35. The van der Waals surface area contributed by atoms with Crippen LogP contribution in [0.15, 0.2) is 18.2 Å². The minimum Gasteiger partial charge on any atom is -0.478 e. The summed E-state index contributed by atoms with van der Waals surface area (Å²) in [7, 11) is 4.16. The van der Waals surface area contributed by atoms with Crippen LogP contribution in [0, 0.1) is 5.82 Å². The van der Waals surface area contributed by atoms with Crippen LogP contribution in [0.5, 0.6) is 0 Å². The van der Waals surface area contributed by atoms with Gasteiger partial charge < -0.3 is 10.0 Å². The van der Waals surface area contributed by atoms with Crippen LogP contribution in [0.2, 0.25) is 0 Å². The molecular formula is C15H21FN2O2. The molecule has 0 radical (unpaired) electrons. The van der Waals surface area contributed by atoms with Crippen molar-refractivity contribution in [1.82, 2.24) is 9.80 Å². The van der Waals surface area contributed by atoms with E-state index in [2.05, 4.69) is 23.9 Å². The van der Waals surface area contributed by atoms with Gasteiger partial charge in [0.15, 0.2) is 0 Å². The number of hydrogen-bond donors (Lipinski definition) is 1. The fraction of sp³-hybridized carbons (Fsp3) is 0.533. The SMILES string of the molecule is CN(C)C1CCN(Cc2cc(F)ccc2C(=O)O)CC1. The summed E-state index contributed by atoms with van der Waals surface area (Å²) in [6.07, 6.45) is 2.12. The molecule has 0 aromatic heterocycles. The van der Waals surface area contributed by atoms with Gasteiger partial charge in [-0.1, -0.05) is 0 Å². The van der Waals surface area contributed by atoms with Crippen LogP contribution in [-0.2, 0) is 6.54 Å². The van der Waals surface area contributed by atoms with Crippen molar-refractivity contribution in [3.05, 3.63) is 35.1 Å². The third-order valence-corrected chi connectivity index (χ3v) is 3.98. The summed E-state index contributed by atoms with van der Waals surface area (Å²) in [5.74, 6) is -1.38. The maximum absolute atomic E-state index is 13.3. The standard InChI is InChI=1S/C15H21FN2O2/c1-17(2)13-5-7-18(8-6-13)10-11-9-12(16)3-4-14(11)15(19)20/h3-4,9,13H,5-8,10H2,1-2H3,(H,19,20). The van der Waals surface area contributed by atoms with Gasteiger partial charge in [0, 0.05) is 12.6 Å². The van der Waals surface area contributed by atoms with E-state index in [1.165, 1.54) is 18.2 Å². The van der Waals surface area contributed by atoms with E-state index in [4.69, 9.17) is 5.11 Å². The average Bonchev–Trinajstić information content (AvgIpc) is 2.39. The Kier molecular flexibility index (Phi) is 4.73. The quantitative estimate of drug-likeness (QED) is 0.916. The van der Waals surface area contributed by atoms with E-state index < -0.39 is 5.97 Å². The van der Waals surface area contributed by atoms with Crippen molar-refractivity contribution in [3.63, 3.8) is 0 Å². The summed E-state index contributed by atoms with van der Waals surface area (Å²) in [6.45, 7) is 2.33. The molecule has 1 aromatic carbocycles. The number of aromatic carboxylic acids is 1. The maximum Gasteiger partial charge on any atom is 0.336 e. The van der Waals surface area contributed by atoms with Crippen molar-refractivity contribution in [2.45, 2.75) is 25.4 Å². The van der Waals surface area contributed by atoms with Gasteiger partial charge in [0.2, 0.25) is 0 Å². The summed E-state index contributed by atoms with van der Waals surface area (Å²) in [6, 6.07) is 4.46. The summed E-state index contributed by atoms with van der Waals surface area (Å²) in [5.41, 5.74) is 0.752. The van der Waals surface area contributed by atoms with Crippen molar-refractivity contribution in [3.8, 4) is 0 Å². The van der Waals surface area contributed by atoms with Gasteiger partial charge in [0.1, 0.15) is 5.82 Å². The molecule has 0 saturated carbocycles. The lowest BCUT2D eigenvalue weighted by Crippen LogP contribution is -2.41. The Balaban J connectivity index is 2.04. The van der Waals surface area contributed by atoms with Crippen molar-refractivity contribution in [2.24, 2.45) is 0 Å². The largest absolute Gasteiger partial charge is 0.478 e.